The molecule has 0 saturated heterocycles. The van der Waals surface area contributed by atoms with Gasteiger partial charge in [-0.3, -0.25) is 4.57 Å². The Bertz CT molecular complexity index is 658. The second kappa shape index (κ2) is 6.00. The number of thioether (sulfide) groups is 1. The standard InChI is InChI=1S/C12H15N3O4S/c1-3-6-15-11(18)13-14-12(15)20-7(2)8-4-5-9(19-8)10(16)17/h4-5,7H,3,6H2,1-2H3,(H,13,18)(H,16,17). The van der Waals surface area contributed by atoms with Crippen LogP contribution in [-0.2, 0) is 6.54 Å². The Kier molecular flexibility index (Phi) is 4.33. The predicted octanol–water partition coefficient (Wildman–Crippen LogP) is 2.13. The molecule has 2 heterocycles. The lowest BCUT2D eigenvalue weighted by molar-refractivity contribution is 0.0660. The fourth-order valence-corrected chi connectivity index (χ4v) is 2.68. The zero-order valence-corrected chi connectivity index (χ0v) is 11.9. The Morgan fingerprint density at radius 3 is 2.95 bits per heavy atom. The Balaban J connectivity index is 2.16. The summed E-state index contributed by atoms with van der Waals surface area (Å²) in [5, 5.41) is 15.6. The number of hydrogen-bond acceptors (Lipinski definition) is 5. The van der Waals surface area contributed by atoms with E-state index in [1.807, 2.05) is 13.8 Å². The van der Waals surface area contributed by atoms with Crippen LogP contribution in [0.5, 0.6) is 0 Å². The number of carboxylic acids is 1. The first-order valence-corrected chi connectivity index (χ1v) is 7.05. The van der Waals surface area contributed by atoms with Crippen molar-refractivity contribution in [2.45, 2.75) is 37.2 Å². The molecule has 0 radical (unpaired) electrons. The van der Waals surface area contributed by atoms with Crippen molar-refractivity contribution in [1.29, 1.82) is 0 Å². The van der Waals surface area contributed by atoms with E-state index in [1.165, 1.54) is 17.8 Å². The minimum absolute atomic E-state index is 0.0968. The number of hydrogen-bond donors (Lipinski definition) is 2. The van der Waals surface area contributed by atoms with E-state index in [4.69, 9.17) is 9.52 Å². The number of carboxylic acid groups (broad SMARTS) is 1. The summed E-state index contributed by atoms with van der Waals surface area (Å²) in [6.45, 7) is 4.43. The molecule has 108 valence electrons. The van der Waals surface area contributed by atoms with Crippen LogP contribution in [0.4, 0.5) is 0 Å². The van der Waals surface area contributed by atoms with Crippen LogP contribution in [-0.4, -0.2) is 25.8 Å². The van der Waals surface area contributed by atoms with Gasteiger partial charge in [0.25, 0.3) is 0 Å². The van der Waals surface area contributed by atoms with Gasteiger partial charge in [0.2, 0.25) is 5.76 Å². The van der Waals surface area contributed by atoms with Gasteiger partial charge in [-0.25, -0.2) is 14.7 Å². The van der Waals surface area contributed by atoms with E-state index >= 15 is 0 Å². The van der Waals surface area contributed by atoms with Crippen molar-refractivity contribution < 1.29 is 14.3 Å². The van der Waals surface area contributed by atoms with Crippen molar-refractivity contribution >= 4 is 17.7 Å². The van der Waals surface area contributed by atoms with Gasteiger partial charge in [-0.2, -0.15) is 0 Å². The Labute approximate surface area is 119 Å². The van der Waals surface area contributed by atoms with Crippen LogP contribution in [0.3, 0.4) is 0 Å². The van der Waals surface area contributed by atoms with E-state index in [1.54, 1.807) is 10.6 Å². The number of rotatable bonds is 6. The molecule has 0 aliphatic rings. The molecule has 0 amide bonds. The van der Waals surface area contributed by atoms with Crippen molar-refractivity contribution in [3.8, 4) is 0 Å². The van der Waals surface area contributed by atoms with Gasteiger partial charge in [0.1, 0.15) is 5.76 Å². The highest BCUT2D eigenvalue weighted by Crippen LogP contribution is 2.34. The molecule has 1 atom stereocenters. The molecule has 0 spiro atoms. The van der Waals surface area contributed by atoms with Gasteiger partial charge in [-0.15, -0.1) is 5.10 Å². The number of aromatic nitrogens is 3. The van der Waals surface area contributed by atoms with Gasteiger partial charge in [0, 0.05) is 6.54 Å². The third-order valence-corrected chi connectivity index (χ3v) is 3.80. The molecule has 0 bridgehead atoms. The second-order valence-corrected chi connectivity index (χ2v) is 5.54. The van der Waals surface area contributed by atoms with Gasteiger partial charge in [-0.1, -0.05) is 18.7 Å². The number of H-pyrrole nitrogens is 1. The van der Waals surface area contributed by atoms with Crippen molar-refractivity contribution in [2.24, 2.45) is 0 Å². The van der Waals surface area contributed by atoms with E-state index in [2.05, 4.69) is 10.2 Å². The van der Waals surface area contributed by atoms with E-state index in [0.717, 1.165) is 6.42 Å². The van der Waals surface area contributed by atoms with Gasteiger partial charge in [0.05, 0.1) is 5.25 Å². The molecule has 0 aliphatic carbocycles. The van der Waals surface area contributed by atoms with Crippen molar-refractivity contribution in [2.75, 3.05) is 0 Å². The summed E-state index contributed by atoms with van der Waals surface area (Å²) in [4.78, 5) is 22.3. The minimum atomic E-state index is -1.10. The summed E-state index contributed by atoms with van der Waals surface area (Å²) in [7, 11) is 0. The van der Waals surface area contributed by atoms with Gasteiger partial charge in [-0.05, 0) is 25.5 Å². The number of aromatic amines is 1. The number of nitrogens with zero attached hydrogens (tertiary/aromatic N) is 2. The summed E-state index contributed by atoms with van der Waals surface area (Å²) in [6, 6.07) is 3.04. The summed E-state index contributed by atoms with van der Waals surface area (Å²) in [5.41, 5.74) is -0.243. The van der Waals surface area contributed by atoms with Gasteiger partial charge in [0.15, 0.2) is 5.16 Å². The van der Waals surface area contributed by atoms with Crippen molar-refractivity contribution in [1.82, 2.24) is 14.8 Å². The van der Waals surface area contributed by atoms with Crippen molar-refractivity contribution in [3.05, 3.63) is 34.1 Å². The van der Waals surface area contributed by atoms with Gasteiger partial charge >= 0.3 is 11.7 Å². The Morgan fingerprint density at radius 1 is 1.60 bits per heavy atom. The zero-order valence-electron chi connectivity index (χ0n) is 11.1. The van der Waals surface area contributed by atoms with E-state index in [0.29, 0.717) is 17.5 Å². The molecule has 0 fully saturated rings. The quantitative estimate of drug-likeness (QED) is 0.792. The number of aromatic carboxylic acids is 1. The van der Waals surface area contributed by atoms with Crippen LogP contribution in [0.2, 0.25) is 0 Å². The minimum Gasteiger partial charge on any atom is -0.475 e. The average Bonchev–Trinajstić information content (AvgIpc) is 3.00. The lowest BCUT2D eigenvalue weighted by atomic mass is 10.3. The SMILES string of the molecule is CCCn1c(SC(C)c2ccc(C(=O)O)o2)n[nH]c1=O. The number of carbonyl (C=O) groups is 1. The molecular weight excluding hydrogens is 282 g/mol. The number of furan rings is 1. The maximum atomic E-state index is 11.6. The fraction of sp³-hybridized carbons (Fsp3) is 0.417. The monoisotopic (exact) mass is 297 g/mol. The summed E-state index contributed by atoms with van der Waals surface area (Å²) in [5.74, 6) is -0.664. The van der Waals surface area contributed by atoms with Gasteiger partial charge < -0.3 is 9.52 Å². The van der Waals surface area contributed by atoms with Crippen LogP contribution in [0.25, 0.3) is 0 Å². The summed E-state index contributed by atoms with van der Waals surface area (Å²) < 4.78 is 6.80. The molecular formula is C12H15N3O4S. The van der Waals surface area contributed by atoms with E-state index < -0.39 is 5.97 Å². The first kappa shape index (κ1) is 14.4. The molecule has 0 aromatic carbocycles. The fourth-order valence-electron chi connectivity index (χ4n) is 1.72. The van der Waals surface area contributed by atoms with Crippen LogP contribution < -0.4 is 5.69 Å². The lowest BCUT2D eigenvalue weighted by Crippen LogP contribution is -2.17. The maximum Gasteiger partial charge on any atom is 0.371 e. The molecule has 0 aliphatic heterocycles. The molecule has 0 saturated carbocycles. The highest BCUT2D eigenvalue weighted by Gasteiger charge is 2.18. The maximum absolute atomic E-state index is 11.6. The second-order valence-electron chi connectivity index (χ2n) is 4.23. The topological polar surface area (TPSA) is 101 Å². The normalized spacial score (nSPS) is 12.5. The smallest absolute Gasteiger partial charge is 0.371 e. The third kappa shape index (κ3) is 2.96. The molecule has 1 unspecified atom stereocenters. The Morgan fingerprint density at radius 2 is 2.35 bits per heavy atom. The van der Waals surface area contributed by atoms with E-state index in [-0.39, 0.29) is 16.7 Å². The van der Waals surface area contributed by atoms with Crippen LogP contribution in [0.15, 0.2) is 26.5 Å². The highest BCUT2D eigenvalue weighted by atomic mass is 32.2. The van der Waals surface area contributed by atoms with Crippen molar-refractivity contribution in [3.63, 3.8) is 0 Å². The van der Waals surface area contributed by atoms with E-state index in [9.17, 15) is 9.59 Å². The molecule has 2 rings (SSSR count). The lowest BCUT2D eigenvalue weighted by Gasteiger charge is -2.08. The van der Waals surface area contributed by atoms with Crippen LogP contribution in [0, 0.1) is 0 Å². The first-order chi connectivity index (χ1) is 9.52. The molecule has 2 aromatic rings. The highest BCUT2D eigenvalue weighted by molar-refractivity contribution is 7.99. The first-order valence-electron chi connectivity index (χ1n) is 6.17. The molecule has 7 nitrogen and oxygen atoms in total. The largest absolute Gasteiger partial charge is 0.475 e. The molecule has 2 N–H and O–H groups in total. The Hall–Kier alpha value is -1.96. The summed E-state index contributed by atoms with van der Waals surface area (Å²) >= 11 is 1.34. The molecule has 20 heavy (non-hydrogen) atoms. The average molecular weight is 297 g/mol. The molecule has 8 heteroatoms. The third-order valence-electron chi connectivity index (χ3n) is 2.69. The van der Waals surface area contributed by atoms with Crippen LogP contribution in [0.1, 0.15) is 41.8 Å². The number of nitrogens with one attached hydrogen (secondary N) is 1. The van der Waals surface area contributed by atoms with Crippen LogP contribution >= 0.6 is 11.8 Å². The molecule has 2 aromatic heterocycles. The zero-order chi connectivity index (χ0) is 14.7. The summed E-state index contributed by atoms with van der Waals surface area (Å²) in [6.07, 6.45) is 0.825. The predicted molar refractivity (Wildman–Crippen MR) is 73.1 cm³/mol.